The second-order valence-electron chi connectivity index (χ2n) is 19.1. The number of benzene rings is 10. The molecule has 10 aromatic rings. The lowest BCUT2D eigenvalue weighted by Gasteiger charge is -2.31. The minimum Gasteiger partial charge on any atom is -0.310 e. The lowest BCUT2D eigenvalue weighted by Crippen LogP contribution is -2.25. The van der Waals surface area contributed by atoms with Crippen molar-refractivity contribution in [2.75, 3.05) is 4.90 Å². The summed E-state index contributed by atoms with van der Waals surface area (Å²) in [5.41, 5.74) is 26.9. The van der Waals surface area contributed by atoms with Crippen molar-refractivity contribution in [1.82, 2.24) is 0 Å². The van der Waals surface area contributed by atoms with Gasteiger partial charge in [-0.05, 0) is 162 Å². The van der Waals surface area contributed by atoms with Gasteiger partial charge in [0, 0.05) is 22.5 Å². The SMILES string of the molecule is c1ccc(-c2cc(-c3ccccc3)cc(N(c3ccc(-c4ccc5c(c4)C4(c6ccccc6-c6ccccc64)c4ccccc4-5)cc3)c3ccc4c(c3)C3(CCCC3)c3ccccc3-4)c2)cc1. The van der Waals surface area contributed by atoms with E-state index in [9.17, 15) is 0 Å². The third-order valence-electron chi connectivity index (χ3n) is 15.8. The molecule has 1 nitrogen and oxygen atoms in total. The van der Waals surface area contributed by atoms with Crippen LogP contribution in [0.3, 0.4) is 0 Å². The summed E-state index contributed by atoms with van der Waals surface area (Å²) in [6.07, 6.45) is 4.91. The van der Waals surface area contributed by atoms with Crippen molar-refractivity contribution in [2.24, 2.45) is 0 Å². The van der Waals surface area contributed by atoms with E-state index in [2.05, 4.69) is 241 Å². The van der Waals surface area contributed by atoms with Crippen LogP contribution in [-0.2, 0) is 10.8 Å². The Hall–Kier alpha value is -8.00. The fourth-order valence-corrected chi connectivity index (χ4v) is 13.0. The Labute approximate surface area is 393 Å². The van der Waals surface area contributed by atoms with Crippen molar-refractivity contribution in [3.8, 4) is 66.8 Å². The summed E-state index contributed by atoms with van der Waals surface area (Å²) in [7, 11) is 0. The Morgan fingerprint density at radius 1 is 0.254 bits per heavy atom. The Morgan fingerprint density at radius 3 is 1.24 bits per heavy atom. The highest BCUT2D eigenvalue weighted by Gasteiger charge is 2.51. The molecule has 0 atom stereocenters. The van der Waals surface area contributed by atoms with Crippen LogP contribution in [0.2, 0.25) is 0 Å². The lowest BCUT2D eigenvalue weighted by atomic mass is 9.70. The van der Waals surface area contributed by atoms with Crippen LogP contribution in [0.15, 0.2) is 237 Å². The van der Waals surface area contributed by atoms with E-state index < -0.39 is 0 Å². The fraction of sp³-hybridized carbons (Fsp3) is 0.0909. The van der Waals surface area contributed by atoms with Gasteiger partial charge in [0.15, 0.2) is 0 Å². The monoisotopic (exact) mass is 853 g/mol. The van der Waals surface area contributed by atoms with Crippen LogP contribution in [0.4, 0.5) is 17.1 Å². The second kappa shape index (κ2) is 14.8. The molecular weight excluding hydrogens is 807 g/mol. The van der Waals surface area contributed by atoms with Crippen molar-refractivity contribution in [2.45, 2.75) is 36.5 Å². The van der Waals surface area contributed by atoms with E-state index in [-0.39, 0.29) is 10.8 Å². The molecule has 1 saturated carbocycles. The number of nitrogens with zero attached hydrogens (tertiary/aromatic N) is 1. The van der Waals surface area contributed by atoms with Gasteiger partial charge in [-0.15, -0.1) is 0 Å². The predicted molar refractivity (Wildman–Crippen MR) is 278 cm³/mol. The number of hydrogen-bond acceptors (Lipinski definition) is 1. The Morgan fingerprint density at radius 2 is 0.672 bits per heavy atom. The third kappa shape index (κ3) is 5.55. The molecule has 4 aliphatic carbocycles. The van der Waals surface area contributed by atoms with Crippen LogP contribution in [0.25, 0.3) is 66.8 Å². The summed E-state index contributed by atoms with van der Waals surface area (Å²) in [6, 6.07) is 89.1. The molecular formula is C66H47N. The fourth-order valence-electron chi connectivity index (χ4n) is 13.0. The van der Waals surface area contributed by atoms with Gasteiger partial charge in [-0.3, -0.25) is 0 Å². The standard InChI is InChI=1S/C66H47N/c1-3-17-44(18-4-1)48-39-49(45-19-5-2-6-20-45)41-52(40-48)67(51-34-36-57-53-21-7-11-25-59(53)65(63(57)43-51)37-15-16-38-65)50-32-29-46(30-33-50)47-31-35-58-56-24-10-14-28-62(56)66(64(58)42-47)60-26-12-8-22-54(60)55-23-9-13-27-61(55)66/h1-14,17-36,39-43H,15-16,37-38H2. The number of hydrogen-bond donors (Lipinski definition) is 0. The molecule has 0 unspecified atom stereocenters. The van der Waals surface area contributed by atoms with Gasteiger partial charge in [0.2, 0.25) is 0 Å². The Kier molecular flexibility index (Phi) is 8.43. The topological polar surface area (TPSA) is 3.24 Å². The van der Waals surface area contributed by atoms with Crippen LogP contribution >= 0.6 is 0 Å². The lowest BCUT2D eigenvalue weighted by molar-refractivity contribution is 0.550. The normalized spacial score (nSPS) is 14.9. The first-order chi connectivity index (χ1) is 33.2. The molecule has 0 aromatic heterocycles. The van der Waals surface area contributed by atoms with E-state index in [0.717, 1.165) is 11.4 Å². The summed E-state index contributed by atoms with van der Waals surface area (Å²) in [4.78, 5) is 2.51. The Bertz CT molecular complexity index is 3450. The van der Waals surface area contributed by atoms with E-state index in [4.69, 9.17) is 0 Å². The van der Waals surface area contributed by atoms with Gasteiger partial charge in [-0.2, -0.15) is 0 Å². The number of anilines is 3. The quantitative estimate of drug-likeness (QED) is 0.161. The van der Waals surface area contributed by atoms with Gasteiger partial charge in [-0.1, -0.05) is 201 Å². The van der Waals surface area contributed by atoms with Crippen LogP contribution < -0.4 is 4.90 Å². The van der Waals surface area contributed by atoms with Crippen LogP contribution in [0, 0.1) is 0 Å². The highest BCUT2D eigenvalue weighted by molar-refractivity contribution is 5.96. The number of fused-ring (bicyclic) bond motifs is 15. The van der Waals surface area contributed by atoms with Gasteiger partial charge >= 0.3 is 0 Å². The minimum absolute atomic E-state index is 0.0590. The summed E-state index contributed by atoms with van der Waals surface area (Å²) >= 11 is 0. The maximum Gasteiger partial charge on any atom is 0.0725 e. The molecule has 2 spiro atoms. The van der Waals surface area contributed by atoms with Crippen LogP contribution in [-0.4, -0.2) is 0 Å². The first-order valence-electron chi connectivity index (χ1n) is 24.0. The largest absolute Gasteiger partial charge is 0.310 e. The molecule has 0 bridgehead atoms. The summed E-state index contributed by atoms with van der Waals surface area (Å²) < 4.78 is 0. The van der Waals surface area contributed by atoms with E-state index >= 15 is 0 Å². The predicted octanol–water partition coefficient (Wildman–Crippen LogP) is 17.3. The summed E-state index contributed by atoms with van der Waals surface area (Å²) in [6.45, 7) is 0. The average molecular weight is 854 g/mol. The first-order valence-corrected chi connectivity index (χ1v) is 24.0. The van der Waals surface area contributed by atoms with E-state index in [1.807, 2.05) is 0 Å². The zero-order chi connectivity index (χ0) is 44.1. The van der Waals surface area contributed by atoms with Gasteiger partial charge < -0.3 is 4.90 Å². The molecule has 1 heteroatoms. The zero-order valence-corrected chi connectivity index (χ0v) is 37.3. The van der Waals surface area contributed by atoms with Crippen LogP contribution in [0.5, 0.6) is 0 Å². The first kappa shape index (κ1) is 38.3. The van der Waals surface area contributed by atoms with Crippen molar-refractivity contribution >= 4 is 17.1 Å². The zero-order valence-electron chi connectivity index (χ0n) is 37.3. The van der Waals surface area contributed by atoms with E-state index in [1.165, 1.54) is 132 Å². The maximum atomic E-state index is 2.54. The number of rotatable bonds is 6. The molecule has 14 rings (SSSR count). The van der Waals surface area contributed by atoms with Crippen molar-refractivity contribution < 1.29 is 0 Å². The second-order valence-corrected chi connectivity index (χ2v) is 19.1. The third-order valence-corrected chi connectivity index (χ3v) is 15.8. The molecule has 1 fully saturated rings. The van der Waals surface area contributed by atoms with Gasteiger partial charge in [-0.25, -0.2) is 0 Å². The smallest absolute Gasteiger partial charge is 0.0725 e. The molecule has 316 valence electrons. The highest BCUT2D eigenvalue weighted by atomic mass is 15.1. The van der Waals surface area contributed by atoms with Crippen molar-refractivity contribution in [1.29, 1.82) is 0 Å². The summed E-state index contributed by atoms with van der Waals surface area (Å²) in [5.74, 6) is 0. The molecule has 0 amide bonds. The van der Waals surface area contributed by atoms with E-state index in [1.54, 1.807) is 0 Å². The van der Waals surface area contributed by atoms with Gasteiger partial charge in [0.25, 0.3) is 0 Å². The minimum atomic E-state index is -0.379. The molecule has 0 N–H and O–H groups in total. The molecule has 0 aliphatic heterocycles. The van der Waals surface area contributed by atoms with Gasteiger partial charge in [0.1, 0.15) is 0 Å². The molecule has 0 saturated heterocycles. The van der Waals surface area contributed by atoms with Crippen LogP contribution in [0.1, 0.15) is 59.1 Å². The van der Waals surface area contributed by atoms with E-state index in [0.29, 0.717) is 0 Å². The molecule has 67 heavy (non-hydrogen) atoms. The summed E-state index contributed by atoms with van der Waals surface area (Å²) in [5, 5.41) is 0. The van der Waals surface area contributed by atoms with Gasteiger partial charge in [0.05, 0.1) is 5.41 Å². The average Bonchev–Trinajstić information content (AvgIpc) is 4.16. The van der Waals surface area contributed by atoms with Crippen molar-refractivity contribution in [3.63, 3.8) is 0 Å². The molecule has 4 aliphatic rings. The maximum absolute atomic E-state index is 2.54. The van der Waals surface area contributed by atoms with Crippen molar-refractivity contribution in [3.05, 3.63) is 270 Å². The molecule has 0 heterocycles. The highest BCUT2D eigenvalue weighted by Crippen LogP contribution is 2.63. The molecule has 0 radical (unpaired) electrons. The Balaban J connectivity index is 0.941. The molecule has 10 aromatic carbocycles.